The van der Waals surface area contributed by atoms with Gasteiger partial charge in [-0.15, -0.1) is 0 Å². The average molecular weight is 528 g/mol. The summed E-state index contributed by atoms with van der Waals surface area (Å²) in [5.74, 6) is 1.07. The number of hydrogen-bond donors (Lipinski definition) is 1. The van der Waals surface area contributed by atoms with Crippen LogP contribution in [0.25, 0.3) is 5.78 Å². The molecular formula is C29H33N7O3. The van der Waals surface area contributed by atoms with Crippen molar-refractivity contribution in [2.45, 2.75) is 32.7 Å². The molecule has 0 unspecified atom stereocenters. The van der Waals surface area contributed by atoms with Crippen LogP contribution in [0.15, 0.2) is 67.0 Å². The molecule has 1 aliphatic heterocycles. The number of urea groups is 1. The summed E-state index contributed by atoms with van der Waals surface area (Å²) >= 11 is 0. The summed E-state index contributed by atoms with van der Waals surface area (Å²) in [4.78, 5) is 38.9. The molecular weight excluding hydrogens is 494 g/mol. The molecule has 1 N–H and O–H groups in total. The van der Waals surface area contributed by atoms with Crippen molar-refractivity contribution in [2.75, 3.05) is 37.7 Å². The minimum absolute atomic E-state index is 0.256. The van der Waals surface area contributed by atoms with E-state index in [-0.39, 0.29) is 12.6 Å². The number of ether oxygens (including phenoxy) is 1. The van der Waals surface area contributed by atoms with Gasteiger partial charge in [-0.2, -0.15) is 14.6 Å². The Morgan fingerprint density at radius 2 is 1.64 bits per heavy atom. The van der Waals surface area contributed by atoms with Gasteiger partial charge in [-0.05, 0) is 25.0 Å². The first kappa shape index (κ1) is 26.1. The maximum Gasteiger partial charge on any atom is 0.329 e. The Morgan fingerprint density at radius 1 is 0.974 bits per heavy atom. The number of aryl methyl sites for hydroxylation is 1. The van der Waals surface area contributed by atoms with Crippen LogP contribution in [0.5, 0.6) is 0 Å². The summed E-state index contributed by atoms with van der Waals surface area (Å²) < 4.78 is 7.03. The molecule has 1 aliphatic rings. The molecule has 39 heavy (non-hydrogen) atoms. The molecule has 1 fully saturated rings. The number of anilines is 1. The van der Waals surface area contributed by atoms with E-state index in [1.165, 1.54) is 11.9 Å². The lowest BCUT2D eigenvalue weighted by Crippen LogP contribution is -2.55. The predicted octanol–water partition coefficient (Wildman–Crippen LogP) is 3.03. The molecule has 0 spiro atoms. The highest BCUT2D eigenvalue weighted by molar-refractivity contribution is 5.84. The van der Waals surface area contributed by atoms with Crippen molar-refractivity contribution in [3.8, 4) is 0 Å². The predicted molar refractivity (Wildman–Crippen MR) is 148 cm³/mol. The van der Waals surface area contributed by atoms with Gasteiger partial charge in [0.15, 0.2) is 0 Å². The van der Waals surface area contributed by atoms with E-state index in [9.17, 15) is 9.59 Å². The molecule has 10 heteroatoms. The molecule has 2 amide bonds. The number of carbonyl (C=O) groups is 2. The van der Waals surface area contributed by atoms with E-state index in [1.807, 2.05) is 55.5 Å². The fourth-order valence-corrected chi connectivity index (χ4v) is 4.95. The van der Waals surface area contributed by atoms with Gasteiger partial charge in [0, 0.05) is 50.3 Å². The molecule has 2 aromatic carbocycles. The van der Waals surface area contributed by atoms with E-state index in [4.69, 9.17) is 4.74 Å². The van der Waals surface area contributed by atoms with Crippen molar-refractivity contribution in [1.29, 1.82) is 0 Å². The molecule has 4 aromatic rings. The molecule has 202 valence electrons. The van der Waals surface area contributed by atoms with Crippen LogP contribution in [0.4, 0.5) is 10.6 Å². The van der Waals surface area contributed by atoms with Gasteiger partial charge in [-0.3, -0.25) is 0 Å². The normalized spacial score (nSPS) is 14.3. The lowest BCUT2D eigenvalue weighted by Gasteiger charge is -2.37. The minimum atomic E-state index is -0.757. The van der Waals surface area contributed by atoms with Crippen LogP contribution in [0, 0.1) is 6.92 Å². The summed E-state index contributed by atoms with van der Waals surface area (Å²) in [5.41, 5.74) is 4.14. The average Bonchev–Trinajstić information content (AvgIpc) is 3.42. The molecule has 0 radical (unpaired) electrons. The van der Waals surface area contributed by atoms with Crippen LogP contribution in [-0.2, 0) is 22.4 Å². The first-order valence-corrected chi connectivity index (χ1v) is 13.3. The highest BCUT2D eigenvalue weighted by Crippen LogP contribution is 2.27. The molecule has 2 aromatic heterocycles. The number of amides is 2. The fraction of sp³-hybridized carbons (Fsp3) is 0.345. The van der Waals surface area contributed by atoms with Crippen LogP contribution < -0.4 is 10.2 Å². The third-order valence-corrected chi connectivity index (χ3v) is 6.95. The maximum absolute atomic E-state index is 13.2. The van der Waals surface area contributed by atoms with Gasteiger partial charge in [-0.25, -0.2) is 14.6 Å². The second kappa shape index (κ2) is 11.9. The standard InChI is InChI=1S/C29H33N7O3/c1-3-39-27(37)25(19-23-12-8-5-9-13-23)33-29(38)35-16-14-34(15-17-35)26-24(18-22-10-6-4-7-11-22)21(2)32-28-30-20-31-36(26)28/h4-13,20,25H,3,14-19H2,1-2H3,(H,33,38)/t25-/m1/s1. The molecule has 1 saturated heterocycles. The highest BCUT2D eigenvalue weighted by atomic mass is 16.5. The first-order valence-electron chi connectivity index (χ1n) is 13.3. The second-order valence-corrected chi connectivity index (χ2v) is 9.55. The van der Waals surface area contributed by atoms with E-state index in [2.05, 4.69) is 37.4 Å². The SMILES string of the molecule is CCOC(=O)[C@@H](Cc1ccccc1)NC(=O)N1CCN(c2c(Cc3ccccc3)c(C)nc3ncnn23)CC1. The Bertz CT molecular complexity index is 1420. The van der Waals surface area contributed by atoms with E-state index in [0.717, 1.165) is 22.6 Å². The summed E-state index contributed by atoms with van der Waals surface area (Å²) in [7, 11) is 0. The molecule has 0 aliphatic carbocycles. The van der Waals surface area contributed by atoms with Crippen molar-refractivity contribution < 1.29 is 14.3 Å². The van der Waals surface area contributed by atoms with E-state index in [0.29, 0.717) is 44.8 Å². The summed E-state index contributed by atoms with van der Waals surface area (Å²) in [6.45, 7) is 6.23. The molecule has 0 saturated carbocycles. The lowest BCUT2D eigenvalue weighted by molar-refractivity contribution is -0.145. The zero-order valence-corrected chi connectivity index (χ0v) is 22.3. The summed E-state index contributed by atoms with van der Waals surface area (Å²) in [6, 6.07) is 18.9. The topological polar surface area (TPSA) is 105 Å². The van der Waals surface area contributed by atoms with Crippen LogP contribution in [-0.4, -0.2) is 75.3 Å². The Balaban J connectivity index is 1.31. The van der Waals surface area contributed by atoms with Gasteiger partial charge >= 0.3 is 12.0 Å². The van der Waals surface area contributed by atoms with Crippen LogP contribution in [0.1, 0.15) is 29.3 Å². The number of piperazine rings is 1. The fourth-order valence-electron chi connectivity index (χ4n) is 4.95. The van der Waals surface area contributed by atoms with Crippen molar-refractivity contribution in [3.63, 3.8) is 0 Å². The van der Waals surface area contributed by atoms with E-state index >= 15 is 0 Å². The summed E-state index contributed by atoms with van der Waals surface area (Å²) in [5, 5.41) is 7.37. The van der Waals surface area contributed by atoms with E-state index in [1.54, 1.807) is 16.3 Å². The van der Waals surface area contributed by atoms with Crippen LogP contribution in [0.3, 0.4) is 0 Å². The smallest absolute Gasteiger partial charge is 0.329 e. The zero-order valence-electron chi connectivity index (χ0n) is 22.3. The molecule has 10 nitrogen and oxygen atoms in total. The number of nitrogens with one attached hydrogen (secondary N) is 1. The van der Waals surface area contributed by atoms with Crippen molar-refractivity contribution in [3.05, 3.63) is 89.4 Å². The van der Waals surface area contributed by atoms with Crippen molar-refractivity contribution in [1.82, 2.24) is 29.8 Å². The number of benzene rings is 2. The molecule has 3 heterocycles. The first-order chi connectivity index (χ1) is 19.0. The third kappa shape index (κ3) is 6.00. The van der Waals surface area contributed by atoms with Gasteiger partial charge in [0.25, 0.3) is 5.78 Å². The Labute approximate surface area is 227 Å². The zero-order chi connectivity index (χ0) is 27.2. The number of aromatic nitrogens is 4. The van der Waals surface area contributed by atoms with Gasteiger partial charge in [0.1, 0.15) is 18.2 Å². The van der Waals surface area contributed by atoms with Crippen LogP contribution in [0.2, 0.25) is 0 Å². The second-order valence-electron chi connectivity index (χ2n) is 9.55. The molecule has 0 bridgehead atoms. The highest BCUT2D eigenvalue weighted by Gasteiger charge is 2.29. The Kier molecular flexibility index (Phi) is 8.00. The minimum Gasteiger partial charge on any atom is -0.464 e. The lowest BCUT2D eigenvalue weighted by atomic mass is 10.0. The molecule has 1 atom stereocenters. The largest absolute Gasteiger partial charge is 0.464 e. The quantitative estimate of drug-likeness (QED) is 0.351. The number of nitrogens with zero attached hydrogens (tertiary/aromatic N) is 6. The van der Waals surface area contributed by atoms with Gasteiger partial charge in [0.05, 0.1) is 6.61 Å². The number of rotatable bonds is 8. The van der Waals surface area contributed by atoms with Gasteiger partial charge < -0.3 is 19.9 Å². The van der Waals surface area contributed by atoms with Gasteiger partial charge in [-0.1, -0.05) is 60.7 Å². The van der Waals surface area contributed by atoms with Crippen molar-refractivity contribution in [2.24, 2.45) is 0 Å². The van der Waals surface area contributed by atoms with Crippen LogP contribution >= 0.6 is 0 Å². The number of esters is 1. The van der Waals surface area contributed by atoms with Gasteiger partial charge in [0.2, 0.25) is 0 Å². The summed E-state index contributed by atoms with van der Waals surface area (Å²) in [6.07, 6.45) is 2.60. The molecule has 5 rings (SSSR count). The third-order valence-electron chi connectivity index (χ3n) is 6.95. The Hall–Kier alpha value is -4.47. The maximum atomic E-state index is 13.2. The monoisotopic (exact) mass is 527 g/mol. The number of hydrogen-bond acceptors (Lipinski definition) is 7. The van der Waals surface area contributed by atoms with E-state index < -0.39 is 12.0 Å². The number of carbonyl (C=O) groups excluding carboxylic acids is 2. The van der Waals surface area contributed by atoms with Crippen molar-refractivity contribution >= 4 is 23.6 Å². The number of fused-ring (bicyclic) bond motifs is 1. The Morgan fingerprint density at radius 3 is 2.31 bits per heavy atom.